The van der Waals surface area contributed by atoms with E-state index in [1.165, 1.54) is 17.6 Å². The van der Waals surface area contributed by atoms with Crippen molar-refractivity contribution in [1.82, 2.24) is 5.32 Å². The summed E-state index contributed by atoms with van der Waals surface area (Å²) in [6.07, 6.45) is 10.8. The molecule has 82 valence electrons. The molecule has 0 amide bonds. The topological polar surface area (TPSA) is 12.0 Å². The molecule has 1 aliphatic carbocycles. The molecule has 1 aliphatic rings. The van der Waals surface area contributed by atoms with E-state index in [0.29, 0.717) is 5.92 Å². The molecule has 1 unspecified atom stereocenters. The van der Waals surface area contributed by atoms with Crippen molar-refractivity contribution in [1.29, 1.82) is 0 Å². The summed E-state index contributed by atoms with van der Waals surface area (Å²) in [6, 6.07) is 0. The maximum absolute atomic E-state index is 3.84. The number of nitrogens with one attached hydrogen (secondary N) is 1. The predicted octanol–water partition coefficient (Wildman–Crippen LogP) is 3.58. The van der Waals surface area contributed by atoms with E-state index >= 15 is 0 Å². The average molecular weight is 203 g/mol. The maximum atomic E-state index is 3.84. The maximum Gasteiger partial charge on any atom is 0.0407 e. The Morgan fingerprint density at radius 2 is 2.27 bits per heavy atom. The molecule has 0 aliphatic heterocycles. The van der Waals surface area contributed by atoms with Gasteiger partial charge in [0, 0.05) is 12.7 Å². The van der Waals surface area contributed by atoms with Gasteiger partial charge in [0.15, 0.2) is 0 Å². The standard InChI is InChI=1S/C14H21N/c1-5-11(3)13-8-7-12(6-2)14(15-4)10-9-13/h6-7,9-11,15H,2,5,8H2,1,3-4H3. The van der Waals surface area contributed by atoms with Crippen molar-refractivity contribution >= 4 is 0 Å². The molecule has 15 heavy (non-hydrogen) atoms. The summed E-state index contributed by atoms with van der Waals surface area (Å²) >= 11 is 0. The van der Waals surface area contributed by atoms with E-state index in [9.17, 15) is 0 Å². The van der Waals surface area contributed by atoms with E-state index in [0.717, 1.165) is 12.1 Å². The van der Waals surface area contributed by atoms with Gasteiger partial charge >= 0.3 is 0 Å². The van der Waals surface area contributed by atoms with Gasteiger partial charge in [0.05, 0.1) is 0 Å². The van der Waals surface area contributed by atoms with Crippen LogP contribution >= 0.6 is 0 Å². The predicted molar refractivity (Wildman–Crippen MR) is 67.6 cm³/mol. The van der Waals surface area contributed by atoms with Crippen molar-refractivity contribution in [2.45, 2.75) is 26.7 Å². The number of likely N-dealkylation sites (N-methyl/N-ethyl adjacent to an activating group) is 1. The van der Waals surface area contributed by atoms with E-state index in [1.807, 2.05) is 13.1 Å². The molecule has 0 fully saturated rings. The Bertz CT molecular complexity index is 318. The Kier molecular flexibility index (Phi) is 4.41. The lowest BCUT2D eigenvalue weighted by molar-refractivity contribution is 0.642. The second kappa shape index (κ2) is 5.59. The molecule has 1 N–H and O–H groups in total. The first kappa shape index (κ1) is 11.8. The second-order valence-corrected chi connectivity index (χ2v) is 3.95. The van der Waals surface area contributed by atoms with Gasteiger partial charge in [-0.05, 0) is 30.4 Å². The molecule has 1 nitrogen and oxygen atoms in total. The van der Waals surface area contributed by atoms with Crippen molar-refractivity contribution < 1.29 is 0 Å². The van der Waals surface area contributed by atoms with Gasteiger partial charge in [-0.3, -0.25) is 0 Å². The quantitative estimate of drug-likeness (QED) is 0.736. The smallest absolute Gasteiger partial charge is 0.0407 e. The van der Waals surface area contributed by atoms with Gasteiger partial charge in [-0.15, -0.1) is 0 Å². The largest absolute Gasteiger partial charge is 0.388 e. The van der Waals surface area contributed by atoms with Gasteiger partial charge in [-0.2, -0.15) is 0 Å². The zero-order valence-electron chi connectivity index (χ0n) is 10.0. The third kappa shape index (κ3) is 2.85. The third-order valence-corrected chi connectivity index (χ3v) is 3.07. The highest BCUT2D eigenvalue weighted by atomic mass is 14.8. The summed E-state index contributed by atoms with van der Waals surface area (Å²) in [5, 5.41) is 3.20. The van der Waals surface area contributed by atoms with Crippen molar-refractivity contribution in [2.24, 2.45) is 5.92 Å². The van der Waals surface area contributed by atoms with Crippen LogP contribution in [0.1, 0.15) is 26.7 Å². The Labute approximate surface area is 93.3 Å². The minimum atomic E-state index is 0.666. The van der Waals surface area contributed by atoms with E-state index in [-0.39, 0.29) is 0 Å². The van der Waals surface area contributed by atoms with Crippen LogP contribution in [0, 0.1) is 5.92 Å². The third-order valence-electron chi connectivity index (χ3n) is 3.07. The molecule has 0 bridgehead atoms. The lowest BCUT2D eigenvalue weighted by atomic mass is 9.95. The van der Waals surface area contributed by atoms with Crippen LogP contribution in [-0.4, -0.2) is 7.05 Å². The van der Waals surface area contributed by atoms with E-state index in [1.54, 1.807) is 0 Å². The zero-order chi connectivity index (χ0) is 11.3. The van der Waals surface area contributed by atoms with Crippen LogP contribution < -0.4 is 5.32 Å². The van der Waals surface area contributed by atoms with Crippen molar-refractivity contribution in [3.63, 3.8) is 0 Å². The minimum absolute atomic E-state index is 0.666. The van der Waals surface area contributed by atoms with Gasteiger partial charge in [0.1, 0.15) is 0 Å². The Morgan fingerprint density at radius 3 is 2.80 bits per heavy atom. The highest BCUT2D eigenvalue weighted by molar-refractivity contribution is 5.43. The molecule has 0 aromatic heterocycles. The molecular formula is C14H21N. The van der Waals surface area contributed by atoms with Gasteiger partial charge in [0.25, 0.3) is 0 Å². The first-order chi connectivity index (χ1) is 7.22. The Balaban J connectivity index is 2.94. The van der Waals surface area contributed by atoms with Crippen molar-refractivity contribution in [2.75, 3.05) is 7.05 Å². The fourth-order valence-electron chi connectivity index (χ4n) is 1.74. The highest BCUT2D eigenvalue weighted by Crippen LogP contribution is 2.24. The van der Waals surface area contributed by atoms with Crippen molar-refractivity contribution in [3.05, 3.63) is 47.7 Å². The van der Waals surface area contributed by atoms with Crippen LogP contribution in [0.5, 0.6) is 0 Å². The number of hydrogen-bond donors (Lipinski definition) is 1. The summed E-state index contributed by atoms with van der Waals surface area (Å²) in [7, 11) is 1.95. The van der Waals surface area contributed by atoms with Crippen molar-refractivity contribution in [3.8, 4) is 0 Å². The van der Waals surface area contributed by atoms with E-state index in [4.69, 9.17) is 0 Å². The number of rotatable bonds is 4. The molecule has 0 aromatic rings. The Morgan fingerprint density at radius 1 is 1.53 bits per heavy atom. The van der Waals surface area contributed by atoms with Gasteiger partial charge in [0.2, 0.25) is 0 Å². The second-order valence-electron chi connectivity index (χ2n) is 3.95. The van der Waals surface area contributed by atoms with Crippen LogP contribution in [0.4, 0.5) is 0 Å². The molecule has 0 spiro atoms. The highest BCUT2D eigenvalue weighted by Gasteiger charge is 2.08. The summed E-state index contributed by atoms with van der Waals surface area (Å²) in [6.45, 7) is 8.36. The molecule has 0 heterocycles. The van der Waals surface area contributed by atoms with Crippen LogP contribution in [0.3, 0.4) is 0 Å². The molecule has 1 rings (SSSR count). The fourth-order valence-corrected chi connectivity index (χ4v) is 1.74. The molecule has 1 heteroatoms. The average Bonchev–Trinajstić information content (AvgIpc) is 2.49. The van der Waals surface area contributed by atoms with Gasteiger partial charge < -0.3 is 5.32 Å². The summed E-state index contributed by atoms with van der Waals surface area (Å²) in [4.78, 5) is 0. The van der Waals surface area contributed by atoms with Crippen LogP contribution in [-0.2, 0) is 0 Å². The lowest BCUT2D eigenvalue weighted by Crippen LogP contribution is -2.06. The normalized spacial score (nSPS) is 18.2. The van der Waals surface area contributed by atoms with E-state index in [2.05, 4.69) is 44.0 Å². The molecule has 0 saturated carbocycles. The molecule has 0 aromatic carbocycles. The van der Waals surface area contributed by atoms with Crippen LogP contribution in [0.25, 0.3) is 0 Å². The number of hydrogen-bond acceptors (Lipinski definition) is 1. The monoisotopic (exact) mass is 203 g/mol. The molecular weight excluding hydrogens is 182 g/mol. The zero-order valence-corrected chi connectivity index (χ0v) is 10.0. The Hall–Kier alpha value is -1.24. The fraction of sp³-hybridized carbons (Fsp3) is 0.429. The van der Waals surface area contributed by atoms with E-state index < -0.39 is 0 Å². The lowest BCUT2D eigenvalue weighted by Gasteiger charge is -2.10. The first-order valence-corrected chi connectivity index (χ1v) is 5.64. The van der Waals surface area contributed by atoms with Crippen LogP contribution in [0.15, 0.2) is 47.7 Å². The van der Waals surface area contributed by atoms with Crippen LogP contribution in [0.2, 0.25) is 0 Å². The molecule has 0 saturated heterocycles. The first-order valence-electron chi connectivity index (χ1n) is 5.64. The van der Waals surface area contributed by atoms with Gasteiger partial charge in [-0.25, -0.2) is 0 Å². The van der Waals surface area contributed by atoms with Gasteiger partial charge in [-0.1, -0.05) is 44.2 Å². The SMILES string of the molecule is C=CC1=CCC(C(C)CC)=CC=C1NC. The minimum Gasteiger partial charge on any atom is -0.388 e. The summed E-state index contributed by atoms with van der Waals surface area (Å²) < 4.78 is 0. The summed E-state index contributed by atoms with van der Waals surface area (Å²) in [5.74, 6) is 0.666. The number of allylic oxidation sites excluding steroid dienone is 5. The molecule has 0 radical (unpaired) electrons. The molecule has 1 atom stereocenters. The summed E-state index contributed by atoms with van der Waals surface area (Å²) in [5.41, 5.74) is 3.86.